The van der Waals surface area contributed by atoms with E-state index in [9.17, 15) is 24.8 Å². The second kappa shape index (κ2) is 6.84. The normalized spacial score (nSPS) is 51.5. The number of fused-ring (bicyclic) bond motifs is 4. The highest BCUT2D eigenvalue weighted by atomic mass is 16.6. The molecule has 0 radical (unpaired) electrons. The lowest BCUT2D eigenvalue weighted by molar-refractivity contribution is -0.207. The van der Waals surface area contributed by atoms with Crippen molar-refractivity contribution in [3.63, 3.8) is 0 Å². The van der Waals surface area contributed by atoms with Gasteiger partial charge in [-0.05, 0) is 80.3 Å². The zero-order chi connectivity index (χ0) is 27.0. The Kier molecular flexibility index (Phi) is 4.63. The van der Waals surface area contributed by atoms with E-state index in [0.29, 0.717) is 6.42 Å². The molecule has 1 heterocycles. The van der Waals surface area contributed by atoms with Gasteiger partial charge in [-0.25, -0.2) is 0 Å². The van der Waals surface area contributed by atoms with Crippen molar-refractivity contribution in [2.45, 2.75) is 92.1 Å². The van der Waals surface area contributed by atoms with Gasteiger partial charge in [0.25, 0.3) is 0 Å². The molecule has 4 fully saturated rings. The highest BCUT2D eigenvalue weighted by molar-refractivity contribution is 6.07. The van der Waals surface area contributed by atoms with Crippen LogP contribution in [0.1, 0.15) is 86.5 Å². The van der Waals surface area contributed by atoms with E-state index in [1.54, 1.807) is 19.1 Å². The minimum absolute atomic E-state index is 0.0271. The van der Waals surface area contributed by atoms with Crippen LogP contribution in [0.25, 0.3) is 0 Å². The Labute approximate surface area is 219 Å². The maximum absolute atomic E-state index is 14.5. The van der Waals surface area contributed by atoms with Gasteiger partial charge in [0, 0.05) is 16.7 Å². The molecule has 0 aromatic heterocycles. The Bertz CT molecular complexity index is 1270. The average Bonchev–Trinajstić information content (AvgIpc) is 3.03. The van der Waals surface area contributed by atoms with E-state index in [0.717, 1.165) is 44.1 Å². The Morgan fingerprint density at radius 2 is 1.68 bits per heavy atom. The van der Waals surface area contributed by atoms with Crippen LogP contribution in [-0.4, -0.2) is 34.9 Å². The van der Waals surface area contributed by atoms with Gasteiger partial charge >= 0.3 is 5.97 Å². The molecule has 6 rings (SSSR count). The van der Waals surface area contributed by atoms with Crippen molar-refractivity contribution in [1.29, 1.82) is 5.26 Å². The monoisotopic (exact) mass is 505 g/mol. The average molecular weight is 506 g/mol. The van der Waals surface area contributed by atoms with Gasteiger partial charge in [-0.15, -0.1) is 0 Å². The fourth-order valence-corrected chi connectivity index (χ4v) is 10.4. The number of carbonyl (C=O) groups is 3. The van der Waals surface area contributed by atoms with Crippen molar-refractivity contribution in [3.8, 4) is 6.07 Å². The maximum atomic E-state index is 14.5. The predicted molar refractivity (Wildman–Crippen MR) is 136 cm³/mol. The molecular weight excluding hydrogens is 466 g/mol. The van der Waals surface area contributed by atoms with E-state index in [2.05, 4.69) is 33.8 Å². The number of ether oxygens (including phenoxy) is 1. The second-order valence-corrected chi connectivity index (χ2v) is 14.7. The first-order chi connectivity index (χ1) is 17.1. The summed E-state index contributed by atoms with van der Waals surface area (Å²) < 4.78 is 6.43. The Morgan fingerprint density at radius 3 is 2.32 bits per heavy atom. The molecule has 0 amide bonds. The van der Waals surface area contributed by atoms with Crippen LogP contribution in [0, 0.1) is 55.7 Å². The third-order valence-electron chi connectivity index (χ3n) is 12.8. The number of hydrogen-bond acceptors (Lipinski definition) is 6. The smallest absolute Gasteiger partial charge is 0.313 e. The number of nitrogens with zero attached hydrogens (tertiary/aromatic N) is 1. The largest absolute Gasteiger partial charge is 0.449 e. The number of ketones is 2. The number of esters is 1. The zero-order valence-electron chi connectivity index (χ0n) is 23.0. The third-order valence-corrected chi connectivity index (χ3v) is 12.8. The van der Waals surface area contributed by atoms with Crippen molar-refractivity contribution in [1.82, 2.24) is 0 Å². The molecule has 5 aliphatic carbocycles. The van der Waals surface area contributed by atoms with E-state index in [1.165, 1.54) is 0 Å². The number of rotatable bonds is 1. The highest BCUT2D eigenvalue weighted by Crippen LogP contribution is 2.78. The summed E-state index contributed by atoms with van der Waals surface area (Å²) in [6.07, 6.45) is 8.88. The van der Waals surface area contributed by atoms with Crippen molar-refractivity contribution < 1.29 is 24.2 Å². The molecule has 0 aromatic rings. The van der Waals surface area contributed by atoms with Gasteiger partial charge in [0.1, 0.15) is 6.07 Å². The van der Waals surface area contributed by atoms with Crippen LogP contribution in [0.15, 0.2) is 23.3 Å². The molecule has 6 heteroatoms. The molecule has 198 valence electrons. The maximum Gasteiger partial charge on any atom is 0.313 e. The molecular formula is C31H39NO5. The van der Waals surface area contributed by atoms with E-state index in [-0.39, 0.29) is 47.0 Å². The summed E-state index contributed by atoms with van der Waals surface area (Å²) in [7, 11) is 0. The fraction of sp³-hybridized carbons (Fsp3) is 0.742. The van der Waals surface area contributed by atoms with Gasteiger partial charge in [0.05, 0.1) is 23.0 Å². The number of aliphatic hydroxyl groups excluding tert-OH is 1. The van der Waals surface area contributed by atoms with Crippen LogP contribution >= 0.6 is 0 Å². The van der Waals surface area contributed by atoms with E-state index < -0.39 is 32.7 Å². The van der Waals surface area contributed by atoms with Crippen LogP contribution in [0.2, 0.25) is 0 Å². The van der Waals surface area contributed by atoms with Crippen LogP contribution in [0.5, 0.6) is 0 Å². The lowest BCUT2D eigenvalue weighted by atomic mass is 9.33. The minimum Gasteiger partial charge on any atom is -0.449 e. The van der Waals surface area contributed by atoms with Gasteiger partial charge in [0.2, 0.25) is 0 Å². The Balaban J connectivity index is 1.60. The van der Waals surface area contributed by atoms with Crippen molar-refractivity contribution >= 4 is 17.5 Å². The predicted octanol–water partition coefficient (Wildman–Crippen LogP) is 4.86. The number of aliphatic hydroxyl groups is 1. The lowest BCUT2D eigenvalue weighted by Gasteiger charge is -2.69. The van der Waals surface area contributed by atoms with Crippen molar-refractivity contribution in [2.24, 2.45) is 44.3 Å². The summed E-state index contributed by atoms with van der Waals surface area (Å²) >= 11 is 0. The van der Waals surface area contributed by atoms with Crippen LogP contribution < -0.4 is 0 Å². The summed E-state index contributed by atoms with van der Waals surface area (Å²) in [5, 5.41) is 20.3. The first-order valence-corrected chi connectivity index (χ1v) is 13.9. The molecule has 8 atom stereocenters. The molecule has 0 aromatic carbocycles. The van der Waals surface area contributed by atoms with E-state index >= 15 is 0 Å². The summed E-state index contributed by atoms with van der Waals surface area (Å²) in [5.74, 6) is -1.01. The number of allylic oxidation sites excluding steroid dienone is 3. The second-order valence-electron chi connectivity index (χ2n) is 14.7. The zero-order valence-corrected chi connectivity index (χ0v) is 23.0. The Morgan fingerprint density at radius 1 is 1.00 bits per heavy atom. The molecule has 2 bridgehead atoms. The lowest BCUT2D eigenvalue weighted by Crippen LogP contribution is -2.71. The number of carbonyl (C=O) groups excluding carboxylic acids is 3. The van der Waals surface area contributed by atoms with Gasteiger partial charge < -0.3 is 9.84 Å². The van der Waals surface area contributed by atoms with Gasteiger partial charge in [-0.3, -0.25) is 14.4 Å². The van der Waals surface area contributed by atoms with Gasteiger partial charge in [0.15, 0.2) is 17.2 Å². The molecule has 3 saturated carbocycles. The van der Waals surface area contributed by atoms with Gasteiger partial charge in [-0.2, -0.15) is 5.26 Å². The summed E-state index contributed by atoms with van der Waals surface area (Å²) in [6, 6.07) is 2.08. The van der Waals surface area contributed by atoms with E-state index in [4.69, 9.17) is 4.74 Å². The van der Waals surface area contributed by atoms with Gasteiger partial charge in [-0.1, -0.05) is 40.7 Å². The quantitative estimate of drug-likeness (QED) is 0.511. The highest BCUT2D eigenvalue weighted by Gasteiger charge is 2.82. The van der Waals surface area contributed by atoms with Crippen LogP contribution in [0.3, 0.4) is 0 Å². The first kappa shape index (κ1) is 25.0. The minimum atomic E-state index is -1.19. The van der Waals surface area contributed by atoms with Crippen LogP contribution in [0.4, 0.5) is 0 Å². The van der Waals surface area contributed by atoms with E-state index in [1.807, 2.05) is 6.92 Å². The topological polar surface area (TPSA) is 104 Å². The molecule has 1 saturated heterocycles. The summed E-state index contributed by atoms with van der Waals surface area (Å²) in [5.41, 5.74) is -3.67. The molecule has 1 unspecified atom stereocenters. The molecule has 1 aliphatic heterocycles. The molecule has 1 N–H and O–H groups in total. The molecule has 6 nitrogen and oxygen atoms in total. The fourth-order valence-electron chi connectivity index (χ4n) is 10.4. The standard InChI is InChI=1S/C31H39NO5/c1-25(2)9-11-30-12-10-29(6)28(5)8-7-19-26(3,14-18(16-32)23(35)27(19,4)17-33)20(28)13-22(34)31(29,21(30)15-25)37-24(30)36/h13-14,19,21,33H,7-12,15,17H2,1-6H3/t19-,21?,26+,27+,28-,29+,30+,31-/m1/s1. The molecule has 37 heavy (non-hydrogen) atoms. The Hall–Kier alpha value is -2.26. The van der Waals surface area contributed by atoms with Crippen LogP contribution in [-0.2, 0) is 19.1 Å². The number of Topliss-reactive ketones (excluding diaryl/α,β-unsaturated/α-hetero) is 1. The SMILES string of the molecule is CC1(C)CC[C@@]23CC[C@@]4(C)[C@]5(C)CC[C@@H]6[C@](C)(C=C(C#N)C(=O)[C@@]6(C)CO)C5=CC(=O)[C@]4(OC2=O)C3C1. The summed E-state index contributed by atoms with van der Waals surface area (Å²) in [4.78, 5) is 41.4. The number of hydrogen-bond donors (Lipinski definition) is 1. The third kappa shape index (κ3) is 2.45. The summed E-state index contributed by atoms with van der Waals surface area (Å²) in [6.45, 7) is 12.3. The van der Waals surface area contributed by atoms with Crippen molar-refractivity contribution in [2.75, 3.05) is 6.61 Å². The molecule has 6 aliphatic rings. The number of nitriles is 1. The van der Waals surface area contributed by atoms with Crippen molar-refractivity contribution in [3.05, 3.63) is 23.3 Å². The molecule has 1 spiro atoms. The first-order valence-electron chi connectivity index (χ1n) is 13.9.